The first-order valence-electron chi connectivity index (χ1n) is 7.69. The van der Waals surface area contributed by atoms with Crippen LogP contribution in [0.5, 0.6) is 0 Å². The summed E-state index contributed by atoms with van der Waals surface area (Å²) in [5.41, 5.74) is 2.35. The third-order valence-corrected chi connectivity index (χ3v) is 4.12. The van der Waals surface area contributed by atoms with Gasteiger partial charge in [-0.15, -0.1) is 0 Å². The van der Waals surface area contributed by atoms with Gasteiger partial charge in [0.2, 0.25) is 0 Å². The van der Waals surface area contributed by atoms with Crippen molar-refractivity contribution in [1.29, 1.82) is 0 Å². The molecule has 1 rings (SSSR count). The van der Waals surface area contributed by atoms with Crippen LogP contribution in [-0.2, 0) is 13.0 Å². The SMILES string of the molecule is CCn1nc(C)c(Cl)c1CC(C)(C)CCNCC(C)C. The van der Waals surface area contributed by atoms with Crippen LogP contribution in [0.25, 0.3) is 0 Å². The van der Waals surface area contributed by atoms with E-state index in [9.17, 15) is 0 Å². The van der Waals surface area contributed by atoms with Crippen molar-refractivity contribution in [2.24, 2.45) is 11.3 Å². The lowest BCUT2D eigenvalue weighted by Crippen LogP contribution is -2.27. The lowest BCUT2D eigenvalue weighted by molar-refractivity contribution is 0.313. The van der Waals surface area contributed by atoms with Gasteiger partial charge in [-0.1, -0.05) is 39.3 Å². The third kappa shape index (κ3) is 5.10. The lowest BCUT2D eigenvalue weighted by Gasteiger charge is -2.25. The normalized spacial score (nSPS) is 12.4. The molecule has 0 aliphatic heterocycles. The van der Waals surface area contributed by atoms with E-state index in [1.54, 1.807) is 0 Å². The Hall–Kier alpha value is -0.540. The zero-order valence-corrected chi connectivity index (χ0v) is 14.6. The molecule has 0 aliphatic rings. The molecule has 0 saturated carbocycles. The van der Waals surface area contributed by atoms with Crippen LogP contribution in [0.15, 0.2) is 0 Å². The molecule has 0 spiro atoms. The Morgan fingerprint density at radius 3 is 2.55 bits per heavy atom. The van der Waals surface area contributed by atoms with Gasteiger partial charge in [-0.25, -0.2) is 0 Å². The van der Waals surface area contributed by atoms with E-state index in [0.717, 1.165) is 43.2 Å². The maximum absolute atomic E-state index is 6.40. The summed E-state index contributed by atoms with van der Waals surface area (Å²) >= 11 is 6.40. The Morgan fingerprint density at radius 1 is 1.35 bits per heavy atom. The average Bonchev–Trinajstić information content (AvgIpc) is 2.62. The number of rotatable bonds is 8. The second kappa shape index (κ2) is 7.46. The Labute approximate surface area is 129 Å². The molecule has 0 aromatic carbocycles. The van der Waals surface area contributed by atoms with Crippen molar-refractivity contribution in [1.82, 2.24) is 15.1 Å². The molecule has 1 aromatic rings. The number of hydrogen-bond donors (Lipinski definition) is 1. The summed E-state index contributed by atoms with van der Waals surface area (Å²) in [4.78, 5) is 0. The van der Waals surface area contributed by atoms with Crippen molar-refractivity contribution < 1.29 is 0 Å². The number of nitrogens with zero attached hydrogens (tertiary/aromatic N) is 2. The van der Waals surface area contributed by atoms with Crippen LogP contribution in [0.3, 0.4) is 0 Å². The number of aromatic nitrogens is 2. The van der Waals surface area contributed by atoms with Gasteiger partial charge >= 0.3 is 0 Å². The van der Waals surface area contributed by atoms with Crippen LogP contribution >= 0.6 is 11.6 Å². The van der Waals surface area contributed by atoms with Crippen molar-refractivity contribution in [3.8, 4) is 0 Å². The van der Waals surface area contributed by atoms with Gasteiger partial charge < -0.3 is 5.32 Å². The van der Waals surface area contributed by atoms with Crippen LogP contribution in [0.4, 0.5) is 0 Å². The fourth-order valence-corrected chi connectivity index (χ4v) is 2.60. The van der Waals surface area contributed by atoms with Crippen LogP contribution in [0.2, 0.25) is 5.02 Å². The molecule has 0 amide bonds. The van der Waals surface area contributed by atoms with E-state index in [2.05, 4.69) is 45.0 Å². The van der Waals surface area contributed by atoms with Crippen molar-refractivity contribution in [3.05, 3.63) is 16.4 Å². The monoisotopic (exact) mass is 299 g/mol. The Morgan fingerprint density at radius 2 is 2.00 bits per heavy atom. The highest BCUT2D eigenvalue weighted by Gasteiger charge is 2.23. The molecular formula is C16H30ClN3. The molecule has 1 heterocycles. The van der Waals surface area contributed by atoms with Gasteiger partial charge in [0.05, 0.1) is 16.4 Å². The molecule has 0 unspecified atom stereocenters. The van der Waals surface area contributed by atoms with E-state index in [1.165, 1.54) is 5.69 Å². The molecular weight excluding hydrogens is 270 g/mol. The standard InChI is InChI=1S/C16H30ClN3/c1-7-20-14(15(17)13(4)19-20)10-16(5,6)8-9-18-11-12(2)3/h12,18H,7-11H2,1-6H3. The number of halogens is 1. The van der Waals surface area contributed by atoms with Gasteiger partial charge in [0.1, 0.15) is 0 Å². The summed E-state index contributed by atoms with van der Waals surface area (Å²) in [5, 5.41) is 8.86. The molecule has 0 aliphatic carbocycles. The smallest absolute Gasteiger partial charge is 0.0847 e. The molecule has 0 fully saturated rings. The van der Waals surface area contributed by atoms with Gasteiger partial charge in [-0.3, -0.25) is 4.68 Å². The van der Waals surface area contributed by atoms with Crippen LogP contribution in [0.1, 0.15) is 52.4 Å². The minimum Gasteiger partial charge on any atom is -0.316 e. The van der Waals surface area contributed by atoms with Gasteiger partial charge in [-0.2, -0.15) is 5.10 Å². The number of hydrogen-bond acceptors (Lipinski definition) is 2. The molecule has 4 heteroatoms. The molecule has 0 radical (unpaired) electrons. The molecule has 0 saturated heterocycles. The zero-order valence-electron chi connectivity index (χ0n) is 13.9. The summed E-state index contributed by atoms with van der Waals surface area (Å²) < 4.78 is 2.04. The van der Waals surface area contributed by atoms with Crippen molar-refractivity contribution in [3.63, 3.8) is 0 Å². The van der Waals surface area contributed by atoms with Crippen LogP contribution < -0.4 is 5.32 Å². The number of aryl methyl sites for hydroxylation is 2. The second-order valence-electron chi connectivity index (χ2n) is 6.85. The lowest BCUT2D eigenvalue weighted by atomic mass is 9.84. The predicted octanol–water partition coefficient (Wildman–Crippen LogP) is 4.07. The summed E-state index contributed by atoms with van der Waals surface area (Å²) in [7, 11) is 0. The number of nitrogens with one attached hydrogen (secondary N) is 1. The van der Waals surface area contributed by atoms with Gasteiger partial charge in [0.25, 0.3) is 0 Å². The van der Waals surface area contributed by atoms with Gasteiger partial charge in [0.15, 0.2) is 0 Å². The maximum atomic E-state index is 6.40. The van der Waals surface area contributed by atoms with Crippen molar-refractivity contribution >= 4 is 11.6 Å². The van der Waals surface area contributed by atoms with E-state index < -0.39 is 0 Å². The topological polar surface area (TPSA) is 29.9 Å². The van der Waals surface area contributed by atoms with Gasteiger partial charge in [0, 0.05) is 6.54 Å². The molecule has 0 atom stereocenters. The first kappa shape index (κ1) is 17.5. The third-order valence-electron chi connectivity index (χ3n) is 3.63. The minimum atomic E-state index is 0.229. The highest BCUT2D eigenvalue weighted by Crippen LogP contribution is 2.30. The molecule has 20 heavy (non-hydrogen) atoms. The molecule has 3 nitrogen and oxygen atoms in total. The summed E-state index contributed by atoms with van der Waals surface area (Å²) in [6, 6.07) is 0. The Balaban J connectivity index is 2.61. The predicted molar refractivity (Wildman–Crippen MR) is 87.5 cm³/mol. The largest absolute Gasteiger partial charge is 0.316 e. The minimum absolute atomic E-state index is 0.229. The molecule has 0 bridgehead atoms. The molecule has 1 aromatic heterocycles. The fraction of sp³-hybridized carbons (Fsp3) is 0.812. The van der Waals surface area contributed by atoms with E-state index in [-0.39, 0.29) is 5.41 Å². The van der Waals surface area contributed by atoms with Crippen molar-refractivity contribution in [2.75, 3.05) is 13.1 Å². The highest BCUT2D eigenvalue weighted by molar-refractivity contribution is 6.31. The van der Waals surface area contributed by atoms with E-state index in [4.69, 9.17) is 11.6 Å². The van der Waals surface area contributed by atoms with Crippen molar-refractivity contribution in [2.45, 2.75) is 60.9 Å². The fourth-order valence-electron chi connectivity index (χ4n) is 2.40. The molecule has 1 N–H and O–H groups in total. The van der Waals surface area contributed by atoms with E-state index >= 15 is 0 Å². The first-order valence-corrected chi connectivity index (χ1v) is 8.07. The molecule has 116 valence electrons. The van der Waals surface area contributed by atoms with Crippen LogP contribution in [0, 0.1) is 18.3 Å². The van der Waals surface area contributed by atoms with Gasteiger partial charge in [-0.05, 0) is 51.1 Å². The highest BCUT2D eigenvalue weighted by atomic mass is 35.5. The quantitative estimate of drug-likeness (QED) is 0.733. The average molecular weight is 300 g/mol. The van der Waals surface area contributed by atoms with E-state index in [0.29, 0.717) is 5.92 Å². The second-order valence-corrected chi connectivity index (χ2v) is 7.23. The summed E-state index contributed by atoms with van der Waals surface area (Å²) in [6.45, 7) is 16.2. The van der Waals surface area contributed by atoms with E-state index in [1.807, 2.05) is 11.6 Å². The Kier molecular flexibility index (Phi) is 6.53. The zero-order chi connectivity index (χ0) is 15.3. The first-order chi connectivity index (χ1) is 9.26. The Bertz CT molecular complexity index is 422. The van der Waals surface area contributed by atoms with Crippen LogP contribution in [-0.4, -0.2) is 22.9 Å². The summed E-state index contributed by atoms with van der Waals surface area (Å²) in [6.07, 6.45) is 2.12. The summed E-state index contributed by atoms with van der Waals surface area (Å²) in [5.74, 6) is 0.705. The maximum Gasteiger partial charge on any atom is 0.0847 e.